The number of aliphatic hydroxyl groups excluding tert-OH is 1. The van der Waals surface area contributed by atoms with Crippen LogP contribution in [0.3, 0.4) is 0 Å². The van der Waals surface area contributed by atoms with Gasteiger partial charge in [-0.2, -0.15) is 0 Å². The van der Waals surface area contributed by atoms with Crippen LogP contribution < -0.4 is 0 Å². The molecule has 0 unspecified atom stereocenters. The zero-order valence-corrected chi connectivity index (χ0v) is 8.29. The molecule has 0 saturated carbocycles. The Morgan fingerprint density at radius 3 is 2.31 bits per heavy atom. The number of hydrogen-bond donors (Lipinski definition) is 1. The topological polar surface area (TPSA) is 55.8 Å². The third kappa shape index (κ3) is 3.83. The first-order chi connectivity index (χ1) is 6.17. The summed E-state index contributed by atoms with van der Waals surface area (Å²) in [7, 11) is 2.58. The summed E-state index contributed by atoms with van der Waals surface area (Å²) in [6.45, 7) is 2.00. The third-order valence-electron chi connectivity index (χ3n) is 1.66. The zero-order chi connectivity index (χ0) is 10.3. The van der Waals surface area contributed by atoms with Gasteiger partial charge in [-0.05, 0) is 12.8 Å². The molecule has 0 aliphatic heterocycles. The van der Waals surface area contributed by atoms with E-state index in [1.54, 1.807) is 0 Å². The van der Waals surface area contributed by atoms with Gasteiger partial charge in [0, 0.05) is 0 Å². The van der Waals surface area contributed by atoms with Gasteiger partial charge in [-0.15, -0.1) is 0 Å². The Morgan fingerprint density at radius 1 is 1.31 bits per heavy atom. The SMILES string of the molecule is CCCC/C(C(=O)OC)=C(/O)OC. The molecule has 0 rings (SSSR count). The Morgan fingerprint density at radius 2 is 1.92 bits per heavy atom. The second-order valence-electron chi connectivity index (χ2n) is 2.58. The molecule has 13 heavy (non-hydrogen) atoms. The summed E-state index contributed by atoms with van der Waals surface area (Å²) >= 11 is 0. The van der Waals surface area contributed by atoms with E-state index in [9.17, 15) is 9.90 Å². The van der Waals surface area contributed by atoms with Crippen molar-refractivity contribution in [1.82, 2.24) is 0 Å². The highest BCUT2D eigenvalue weighted by molar-refractivity contribution is 5.88. The molecule has 1 N–H and O–H groups in total. The van der Waals surface area contributed by atoms with Gasteiger partial charge in [-0.25, -0.2) is 4.79 Å². The molecule has 4 heteroatoms. The van der Waals surface area contributed by atoms with Crippen molar-refractivity contribution in [2.24, 2.45) is 0 Å². The molecule has 76 valence electrons. The zero-order valence-electron chi connectivity index (χ0n) is 8.29. The van der Waals surface area contributed by atoms with E-state index in [1.165, 1.54) is 14.2 Å². The van der Waals surface area contributed by atoms with Crippen molar-refractivity contribution in [1.29, 1.82) is 0 Å². The Kier molecular flexibility index (Phi) is 5.76. The second-order valence-corrected chi connectivity index (χ2v) is 2.58. The van der Waals surface area contributed by atoms with Gasteiger partial charge >= 0.3 is 5.97 Å². The van der Waals surface area contributed by atoms with E-state index in [0.717, 1.165) is 12.8 Å². The van der Waals surface area contributed by atoms with E-state index in [0.29, 0.717) is 6.42 Å². The van der Waals surface area contributed by atoms with Crippen LogP contribution >= 0.6 is 0 Å². The average molecular weight is 188 g/mol. The van der Waals surface area contributed by atoms with Gasteiger partial charge in [0.2, 0.25) is 0 Å². The van der Waals surface area contributed by atoms with Gasteiger partial charge in [0.1, 0.15) is 5.57 Å². The molecule has 0 aromatic heterocycles. The van der Waals surface area contributed by atoms with E-state index < -0.39 is 5.97 Å². The van der Waals surface area contributed by atoms with Crippen molar-refractivity contribution in [3.05, 3.63) is 11.5 Å². The van der Waals surface area contributed by atoms with Crippen LogP contribution in [0.25, 0.3) is 0 Å². The first-order valence-electron chi connectivity index (χ1n) is 4.21. The first-order valence-corrected chi connectivity index (χ1v) is 4.21. The molecule has 0 amide bonds. The van der Waals surface area contributed by atoms with Gasteiger partial charge < -0.3 is 14.6 Å². The number of hydrogen-bond acceptors (Lipinski definition) is 4. The summed E-state index contributed by atoms with van der Waals surface area (Å²) in [5.74, 6) is -0.881. The average Bonchev–Trinajstić information content (AvgIpc) is 2.17. The summed E-state index contributed by atoms with van der Waals surface area (Å²) < 4.78 is 9.06. The lowest BCUT2D eigenvalue weighted by atomic mass is 10.1. The number of esters is 1. The molecule has 0 bridgehead atoms. The molecular formula is C9H16O4. The number of methoxy groups -OCH3 is 2. The summed E-state index contributed by atoms with van der Waals surface area (Å²) in [6.07, 6.45) is 2.23. The van der Waals surface area contributed by atoms with Crippen LogP contribution in [0, 0.1) is 0 Å². The van der Waals surface area contributed by atoms with Crippen LogP contribution in [-0.4, -0.2) is 25.3 Å². The van der Waals surface area contributed by atoms with Crippen LogP contribution in [-0.2, 0) is 14.3 Å². The van der Waals surface area contributed by atoms with Crippen molar-refractivity contribution >= 4 is 5.97 Å². The fraction of sp³-hybridized carbons (Fsp3) is 0.667. The number of rotatable bonds is 5. The highest BCUT2D eigenvalue weighted by atomic mass is 16.6. The maximum Gasteiger partial charge on any atom is 0.340 e. The molecule has 0 heterocycles. The summed E-state index contributed by atoms with van der Waals surface area (Å²) in [5, 5.41) is 9.20. The van der Waals surface area contributed by atoms with E-state index in [2.05, 4.69) is 9.47 Å². The highest BCUT2D eigenvalue weighted by Crippen LogP contribution is 2.13. The minimum atomic E-state index is -0.534. The molecule has 0 atom stereocenters. The maximum absolute atomic E-state index is 11.1. The number of ether oxygens (including phenoxy) is 2. The molecule has 0 saturated heterocycles. The van der Waals surface area contributed by atoms with Crippen LogP contribution in [0.5, 0.6) is 0 Å². The van der Waals surface area contributed by atoms with Crippen LogP contribution in [0.15, 0.2) is 11.5 Å². The standard InChI is InChI=1S/C9H16O4/c1-4-5-6-7(8(10)12-2)9(11)13-3/h10H,4-6H2,1-3H3/b8-7+. The molecule has 0 aliphatic carbocycles. The first kappa shape index (κ1) is 11.8. The maximum atomic E-state index is 11.1. The minimum Gasteiger partial charge on any atom is -0.481 e. The molecule has 0 aromatic carbocycles. The fourth-order valence-electron chi connectivity index (χ4n) is 0.896. The fourth-order valence-corrected chi connectivity index (χ4v) is 0.896. The molecule has 0 spiro atoms. The third-order valence-corrected chi connectivity index (χ3v) is 1.66. The van der Waals surface area contributed by atoms with E-state index >= 15 is 0 Å². The van der Waals surface area contributed by atoms with Crippen molar-refractivity contribution in [3.63, 3.8) is 0 Å². The smallest absolute Gasteiger partial charge is 0.340 e. The summed E-state index contributed by atoms with van der Waals surface area (Å²) in [5.41, 5.74) is 0.201. The van der Waals surface area contributed by atoms with Crippen LogP contribution in [0.4, 0.5) is 0 Å². The number of aliphatic hydroxyl groups is 1. The normalized spacial score (nSPS) is 11.9. The quantitative estimate of drug-likeness (QED) is 0.406. The van der Waals surface area contributed by atoms with Crippen LogP contribution in [0.2, 0.25) is 0 Å². The number of carbonyl (C=O) groups excluding carboxylic acids is 1. The number of unbranched alkanes of at least 4 members (excludes halogenated alkanes) is 1. The lowest BCUT2D eigenvalue weighted by Gasteiger charge is -2.06. The molecule has 0 aromatic rings. The predicted molar refractivity (Wildman–Crippen MR) is 48.2 cm³/mol. The molecule has 0 fully saturated rings. The summed E-state index contributed by atoms with van der Waals surface area (Å²) in [6, 6.07) is 0. The van der Waals surface area contributed by atoms with E-state index in [-0.39, 0.29) is 11.5 Å². The van der Waals surface area contributed by atoms with Crippen molar-refractivity contribution in [2.75, 3.05) is 14.2 Å². The van der Waals surface area contributed by atoms with Gasteiger partial charge in [-0.3, -0.25) is 0 Å². The lowest BCUT2D eigenvalue weighted by Crippen LogP contribution is -2.09. The van der Waals surface area contributed by atoms with Gasteiger partial charge in [0.25, 0.3) is 5.95 Å². The van der Waals surface area contributed by atoms with Gasteiger partial charge in [0.05, 0.1) is 14.2 Å². The minimum absolute atomic E-state index is 0.201. The lowest BCUT2D eigenvalue weighted by molar-refractivity contribution is -0.136. The van der Waals surface area contributed by atoms with Crippen molar-refractivity contribution < 1.29 is 19.4 Å². The molecule has 0 aliphatic rings. The van der Waals surface area contributed by atoms with Crippen molar-refractivity contribution in [2.45, 2.75) is 26.2 Å². The Balaban J connectivity index is 4.45. The second kappa shape index (κ2) is 6.34. The monoisotopic (exact) mass is 188 g/mol. The molecular weight excluding hydrogens is 172 g/mol. The molecule has 4 nitrogen and oxygen atoms in total. The highest BCUT2D eigenvalue weighted by Gasteiger charge is 2.15. The van der Waals surface area contributed by atoms with Crippen molar-refractivity contribution in [3.8, 4) is 0 Å². The van der Waals surface area contributed by atoms with Gasteiger partial charge in [-0.1, -0.05) is 13.3 Å². The van der Waals surface area contributed by atoms with E-state index in [1.807, 2.05) is 6.92 Å². The Labute approximate surface area is 78.2 Å². The van der Waals surface area contributed by atoms with E-state index in [4.69, 9.17) is 0 Å². The van der Waals surface area contributed by atoms with Crippen LogP contribution in [0.1, 0.15) is 26.2 Å². The predicted octanol–water partition coefficient (Wildman–Crippen LogP) is 1.77. The Bertz CT molecular complexity index is 196. The largest absolute Gasteiger partial charge is 0.481 e. The molecule has 0 radical (unpaired) electrons. The number of carbonyl (C=O) groups is 1. The Hall–Kier alpha value is -1.19. The van der Waals surface area contributed by atoms with Gasteiger partial charge in [0.15, 0.2) is 0 Å². The summed E-state index contributed by atoms with van der Waals surface area (Å²) in [4.78, 5) is 11.1.